The molecule has 1 saturated heterocycles. The molecule has 8 nitrogen and oxygen atoms in total. The number of halogens is 1. The first kappa shape index (κ1) is 26.1. The monoisotopic (exact) mass is 558 g/mol. The van der Waals surface area contributed by atoms with E-state index >= 15 is 0 Å². The lowest BCUT2D eigenvalue weighted by Gasteiger charge is -2.25. The third kappa shape index (κ3) is 8.38. The van der Waals surface area contributed by atoms with Gasteiger partial charge in [-0.2, -0.15) is 11.8 Å². The summed E-state index contributed by atoms with van der Waals surface area (Å²) in [5.41, 5.74) is 0.778. The summed E-state index contributed by atoms with van der Waals surface area (Å²) in [6, 6.07) is 5.50. The fourth-order valence-electron chi connectivity index (χ4n) is 2.69. The Labute approximate surface area is 195 Å². The fraction of sp³-hybridized carbons (Fsp3) is 0.611. The molecule has 1 aromatic rings. The summed E-state index contributed by atoms with van der Waals surface area (Å²) in [5, 5.41) is 6.32. The highest BCUT2D eigenvalue weighted by Gasteiger charge is 2.23. The van der Waals surface area contributed by atoms with Gasteiger partial charge in [0.15, 0.2) is 17.5 Å². The van der Waals surface area contributed by atoms with Crippen LogP contribution in [0.4, 0.5) is 5.69 Å². The number of anilines is 1. The zero-order chi connectivity index (χ0) is 20.4. The van der Waals surface area contributed by atoms with E-state index in [1.165, 1.54) is 0 Å². The standard InChI is InChI=1S/C18H30N4O4S2.HI/c1-4-19-18(20-8-13-28(23,24)22-9-11-27-12-10-22)21-15-6-7-16(25-3)17(14-15)26-5-2;/h6-7,14H,4-5,8-13H2,1-3H3,(H2,19,20,21);1H. The van der Waals surface area contributed by atoms with Gasteiger partial charge in [-0.25, -0.2) is 12.7 Å². The first-order valence-corrected chi connectivity index (χ1v) is 12.2. The van der Waals surface area contributed by atoms with Crippen LogP contribution >= 0.6 is 35.7 Å². The van der Waals surface area contributed by atoms with Crippen LogP contribution < -0.4 is 20.1 Å². The van der Waals surface area contributed by atoms with Crippen molar-refractivity contribution in [3.8, 4) is 11.5 Å². The highest BCUT2D eigenvalue weighted by molar-refractivity contribution is 14.0. The molecule has 0 spiro atoms. The number of rotatable bonds is 9. The van der Waals surface area contributed by atoms with Crippen molar-refractivity contribution in [1.82, 2.24) is 9.62 Å². The van der Waals surface area contributed by atoms with Crippen LogP contribution in [0.3, 0.4) is 0 Å². The maximum absolute atomic E-state index is 12.4. The highest BCUT2D eigenvalue weighted by Crippen LogP contribution is 2.30. The summed E-state index contributed by atoms with van der Waals surface area (Å²) in [6.45, 7) is 6.42. The molecule has 0 radical (unpaired) electrons. The first-order valence-electron chi connectivity index (χ1n) is 9.42. The second-order valence-corrected chi connectivity index (χ2v) is 9.32. The molecule has 0 atom stereocenters. The third-order valence-corrected chi connectivity index (χ3v) is 6.85. The molecule has 1 aromatic carbocycles. The van der Waals surface area contributed by atoms with Crippen LogP contribution in [0, 0.1) is 0 Å². The molecule has 1 aliphatic rings. The van der Waals surface area contributed by atoms with Crippen molar-refractivity contribution >= 4 is 57.4 Å². The van der Waals surface area contributed by atoms with Crippen LogP contribution in [-0.2, 0) is 10.0 Å². The molecule has 0 unspecified atom stereocenters. The van der Waals surface area contributed by atoms with Crippen LogP contribution in [0.15, 0.2) is 23.2 Å². The average molecular weight is 559 g/mol. The number of methoxy groups -OCH3 is 1. The van der Waals surface area contributed by atoms with E-state index in [9.17, 15) is 8.42 Å². The molecular formula is C18H31IN4O4S2. The van der Waals surface area contributed by atoms with E-state index in [1.54, 1.807) is 23.2 Å². The second-order valence-electron chi connectivity index (χ2n) is 6.01. The van der Waals surface area contributed by atoms with Gasteiger partial charge in [0, 0.05) is 42.9 Å². The summed E-state index contributed by atoms with van der Waals surface area (Å²) < 4.78 is 37.3. The Hall–Kier alpha value is -0.920. The van der Waals surface area contributed by atoms with Gasteiger partial charge < -0.3 is 20.1 Å². The lowest BCUT2D eigenvalue weighted by Crippen LogP contribution is -2.40. The third-order valence-electron chi connectivity index (χ3n) is 4.05. The number of guanidine groups is 1. The number of hydrogen-bond acceptors (Lipinski definition) is 6. The molecule has 29 heavy (non-hydrogen) atoms. The van der Waals surface area contributed by atoms with E-state index < -0.39 is 10.0 Å². The molecule has 11 heteroatoms. The topological polar surface area (TPSA) is 92.3 Å². The molecule has 1 aliphatic heterocycles. The van der Waals surface area contributed by atoms with Crippen LogP contribution in [-0.4, -0.2) is 75.8 Å². The Morgan fingerprint density at radius 2 is 1.97 bits per heavy atom. The number of thioether (sulfide) groups is 1. The van der Waals surface area contributed by atoms with Gasteiger partial charge in [-0.05, 0) is 26.0 Å². The Morgan fingerprint density at radius 3 is 2.59 bits per heavy atom. The van der Waals surface area contributed by atoms with Crippen molar-refractivity contribution in [2.75, 3.05) is 62.5 Å². The Morgan fingerprint density at radius 1 is 1.24 bits per heavy atom. The number of benzene rings is 1. The summed E-state index contributed by atoms with van der Waals surface area (Å²) >= 11 is 1.79. The Balaban J connectivity index is 0.00000420. The molecule has 0 aromatic heterocycles. The number of hydrogen-bond donors (Lipinski definition) is 2. The van der Waals surface area contributed by atoms with E-state index in [2.05, 4.69) is 15.6 Å². The molecule has 2 rings (SSSR count). The van der Waals surface area contributed by atoms with Crippen molar-refractivity contribution in [1.29, 1.82) is 0 Å². The molecule has 2 N–H and O–H groups in total. The minimum Gasteiger partial charge on any atom is -0.493 e. The number of nitrogens with zero attached hydrogens (tertiary/aromatic N) is 2. The Bertz CT molecular complexity index is 756. The van der Waals surface area contributed by atoms with Gasteiger partial charge in [0.2, 0.25) is 10.0 Å². The van der Waals surface area contributed by atoms with Crippen LogP contribution in [0.5, 0.6) is 11.5 Å². The van der Waals surface area contributed by atoms with Gasteiger partial charge in [-0.3, -0.25) is 4.99 Å². The van der Waals surface area contributed by atoms with E-state index in [0.717, 1.165) is 17.2 Å². The summed E-state index contributed by atoms with van der Waals surface area (Å²) in [7, 11) is -1.67. The molecule has 0 saturated carbocycles. The maximum Gasteiger partial charge on any atom is 0.215 e. The molecule has 0 bridgehead atoms. The minimum atomic E-state index is -3.27. The van der Waals surface area contributed by atoms with Gasteiger partial charge in [0.25, 0.3) is 0 Å². The van der Waals surface area contributed by atoms with E-state index in [-0.39, 0.29) is 36.3 Å². The summed E-state index contributed by atoms with van der Waals surface area (Å²) in [6.07, 6.45) is 0. The zero-order valence-electron chi connectivity index (χ0n) is 17.1. The largest absolute Gasteiger partial charge is 0.493 e. The van der Waals surface area contributed by atoms with Crippen molar-refractivity contribution in [3.63, 3.8) is 0 Å². The number of ether oxygens (including phenoxy) is 2. The maximum atomic E-state index is 12.4. The van der Waals surface area contributed by atoms with E-state index in [1.807, 2.05) is 32.0 Å². The molecule has 1 fully saturated rings. The minimum absolute atomic E-state index is 0. The SMILES string of the molecule is CCNC(=NCCS(=O)(=O)N1CCSCC1)Nc1ccc(OC)c(OCC)c1.I. The van der Waals surface area contributed by atoms with Gasteiger partial charge in [-0.1, -0.05) is 0 Å². The summed E-state index contributed by atoms with van der Waals surface area (Å²) in [4.78, 5) is 4.42. The normalized spacial score (nSPS) is 15.3. The van der Waals surface area contributed by atoms with Crippen LogP contribution in [0.2, 0.25) is 0 Å². The van der Waals surface area contributed by atoms with Crippen LogP contribution in [0.1, 0.15) is 13.8 Å². The highest BCUT2D eigenvalue weighted by atomic mass is 127. The smallest absolute Gasteiger partial charge is 0.215 e. The van der Waals surface area contributed by atoms with E-state index in [4.69, 9.17) is 9.47 Å². The van der Waals surface area contributed by atoms with Gasteiger partial charge in [-0.15, -0.1) is 24.0 Å². The van der Waals surface area contributed by atoms with Crippen molar-refractivity contribution in [2.24, 2.45) is 4.99 Å². The van der Waals surface area contributed by atoms with E-state index in [0.29, 0.717) is 43.7 Å². The molecule has 166 valence electrons. The van der Waals surface area contributed by atoms with Crippen LogP contribution in [0.25, 0.3) is 0 Å². The fourth-order valence-corrected chi connectivity index (χ4v) is 5.15. The van der Waals surface area contributed by atoms with Crippen molar-refractivity contribution < 1.29 is 17.9 Å². The molecule has 0 aliphatic carbocycles. The quantitative estimate of drug-likeness (QED) is 0.273. The number of aliphatic imine (C=N–C) groups is 1. The number of nitrogens with one attached hydrogen (secondary N) is 2. The lowest BCUT2D eigenvalue weighted by molar-refractivity contribution is 0.311. The lowest BCUT2D eigenvalue weighted by atomic mass is 10.2. The first-order chi connectivity index (χ1) is 13.5. The zero-order valence-corrected chi connectivity index (χ0v) is 21.1. The molecule has 1 heterocycles. The van der Waals surface area contributed by atoms with Crippen molar-refractivity contribution in [3.05, 3.63) is 18.2 Å². The second kappa shape index (κ2) is 13.4. The predicted octanol–water partition coefficient (Wildman–Crippen LogP) is 2.47. The van der Waals surface area contributed by atoms with Gasteiger partial charge >= 0.3 is 0 Å². The summed E-state index contributed by atoms with van der Waals surface area (Å²) in [5.74, 6) is 3.52. The number of sulfonamides is 1. The van der Waals surface area contributed by atoms with Gasteiger partial charge in [0.1, 0.15) is 0 Å². The van der Waals surface area contributed by atoms with Gasteiger partial charge in [0.05, 0.1) is 26.0 Å². The predicted molar refractivity (Wildman–Crippen MR) is 132 cm³/mol. The van der Waals surface area contributed by atoms with Crippen molar-refractivity contribution in [2.45, 2.75) is 13.8 Å². The molecule has 0 amide bonds. The molecular weight excluding hydrogens is 527 g/mol. The Kier molecular flexibility index (Phi) is 12.1. The average Bonchev–Trinajstić information content (AvgIpc) is 2.69.